The zero-order valence-electron chi connectivity index (χ0n) is 12.5. The molecule has 0 unspecified atom stereocenters. The number of carbonyl (C=O) groups is 1. The number of hydrogen-bond donors (Lipinski definition) is 0. The maximum atomic E-state index is 13.0. The Kier molecular flexibility index (Phi) is 3.70. The fourth-order valence-corrected chi connectivity index (χ4v) is 4.39. The third-order valence-corrected chi connectivity index (χ3v) is 5.73. The molecule has 1 aliphatic carbocycles. The molecule has 1 aliphatic heterocycles. The maximum Gasteiger partial charge on any atom is 0.226 e. The monoisotopic (exact) mass is 312 g/mol. The number of carbonyl (C=O) groups excluding carboxylic acids is 1. The van der Waals surface area contributed by atoms with Gasteiger partial charge in [-0.2, -0.15) is 0 Å². The molecule has 0 N–H and O–H groups in total. The topological polar surface area (TPSA) is 33.2 Å². The molecule has 3 nitrogen and oxygen atoms in total. The molecule has 0 spiro atoms. The molecule has 4 heteroatoms. The Bertz CT molecular complexity index is 640. The average molecular weight is 312 g/mol. The highest BCUT2D eigenvalue weighted by Crippen LogP contribution is 2.49. The summed E-state index contributed by atoms with van der Waals surface area (Å²) in [6, 6.07) is 10.7. The van der Waals surface area contributed by atoms with Crippen molar-refractivity contribution in [3.63, 3.8) is 0 Å². The van der Waals surface area contributed by atoms with Gasteiger partial charge in [0.1, 0.15) is 5.01 Å². The van der Waals surface area contributed by atoms with Crippen LogP contribution >= 0.6 is 11.3 Å². The number of amides is 1. The number of hydrogen-bond acceptors (Lipinski definition) is 3. The van der Waals surface area contributed by atoms with Crippen molar-refractivity contribution in [3.8, 4) is 0 Å². The van der Waals surface area contributed by atoms with Crippen molar-refractivity contribution < 1.29 is 4.79 Å². The van der Waals surface area contributed by atoms with Crippen LogP contribution in [0.25, 0.3) is 0 Å². The second-order valence-electron chi connectivity index (χ2n) is 6.27. The Morgan fingerprint density at radius 2 is 2.09 bits per heavy atom. The van der Waals surface area contributed by atoms with Crippen molar-refractivity contribution in [3.05, 3.63) is 52.5 Å². The predicted molar refractivity (Wildman–Crippen MR) is 87.7 cm³/mol. The number of piperidine rings is 1. The van der Waals surface area contributed by atoms with Gasteiger partial charge in [-0.25, -0.2) is 4.98 Å². The van der Waals surface area contributed by atoms with Crippen LogP contribution in [0.2, 0.25) is 0 Å². The number of aromatic nitrogens is 1. The van der Waals surface area contributed by atoms with E-state index in [1.807, 2.05) is 17.6 Å². The van der Waals surface area contributed by atoms with E-state index in [4.69, 9.17) is 0 Å². The van der Waals surface area contributed by atoms with E-state index in [2.05, 4.69) is 34.1 Å². The molecular formula is C18H20N2OS. The summed E-state index contributed by atoms with van der Waals surface area (Å²) in [6.45, 7) is 0.890. The van der Waals surface area contributed by atoms with E-state index < -0.39 is 0 Å². The van der Waals surface area contributed by atoms with E-state index in [1.54, 1.807) is 11.3 Å². The fraction of sp³-hybridized carbons (Fsp3) is 0.444. The van der Waals surface area contributed by atoms with E-state index >= 15 is 0 Å². The summed E-state index contributed by atoms with van der Waals surface area (Å²) < 4.78 is 0. The first-order valence-corrected chi connectivity index (χ1v) is 8.97. The highest BCUT2D eigenvalue weighted by molar-refractivity contribution is 7.09. The Hall–Kier alpha value is -1.68. The van der Waals surface area contributed by atoms with Crippen LogP contribution in [0.1, 0.15) is 48.2 Å². The normalized spacial score (nSPS) is 27.6. The van der Waals surface area contributed by atoms with Crippen molar-refractivity contribution in [2.45, 2.75) is 37.6 Å². The first-order chi connectivity index (χ1) is 10.8. The Balaban J connectivity index is 1.50. The average Bonchev–Trinajstić information content (AvgIpc) is 3.20. The van der Waals surface area contributed by atoms with Gasteiger partial charge in [-0.05, 0) is 37.2 Å². The van der Waals surface area contributed by atoms with Crippen LogP contribution in [0.4, 0.5) is 0 Å². The quantitative estimate of drug-likeness (QED) is 0.858. The highest BCUT2D eigenvalue weighted by Gasteiger charge is 2.47. The minimum absolute atomic E-state index is 0.183. The number of nitrogens with zero attached hydrogens (tertiary/aromatic N) is 2. The third-order valence-electron chi connectivity index (χ3n) is 4.86. The summed E-state index contributed by atoms with van der Waals surface area (Å²) in [5.41, 5.74) is 1.31. The lowest BCUT2D eigenvalue weighted by molar-refractivity contribution is -0.136. The molecule has 2 aromatic rings. The van der Waals surface area contributed by atoms with Crippen LogP contribution in [0.15, 0.2) is 41.9 Å². The second kappa shape index (κ2) is 5.84. The fourth-order valence-electron chi connectivity index (χ4n) is 3.60. The standard InChI is InChI=1S/C18H20N2OS/c21-18(15-12-14(15)13-6-2-1-3-7-13)20-10-5-4-8-16(20)17-19-9-11-22-17/h1-3,6-7,9,11,14-16H,4-5,8,10,12H2/t14-,15-,16-/m1/s1. The van der Waals surface area contributed by atoms with Crippen LogP contribution in [-0.4, -0.2) is 22.3 Å². The largest absolute Gasteiger partial charge is 0.333 e. The van der Waals surface area contributed by atoms with Gasteiger partial charge in [-0.15, -0.1) is 11.3 Å². The van der Waals surface area contributed by atoms with Crippen LogP contribution in [0.3, 0.4) is 0 Å². The molecule has 1 aromatic heterocycles. The molecule has 3 atom stereocenters. The molecule has 1 aromatic carbocycles. The zero-order chi connectivity index (χ0) is 14.9. The highest BCUT2D eigenvalue weighted by atomic mass is 32.1. The Morgan fingerprint density at radius 3 is 2.86 bits per heavy atom. The van der Waals surface area contributed by atoms with E-state index in [9.17, 15) is 4.79 Å². The van der Waals surface area contributed by atoms with E-state index in [0.717, 1.165) is 30.8 Å². The van der Waals surface area contributed by atoms with Crippen molar-refractivity contribution in [1.29, 1.82) is 0 Å². The van der Waals surface area contributed by atoms with Gasteiger partial charge in [-0.1, -0.05) is 30.3 Å². The molecular weight excluding hydrogens is 292 g/mol. The molecule has 2 heterocycles. The lowest BCUT2D eigenvalue weighted by atomic mass is 10.0. The number of benzene rings is 1. The van der Waals surface area contributed by atoms with Crippen molar-refractivity contribution in [2.24, 2.45) is 5.92 Å². The second-order valence-corrected chi connectivity index (χ2v) is 7.20. The smallest absolute Gasteiger partial charge is 0.226 e. The molecule has 1 saturated carbocycles. The summed E-state index contributed by atoms with van der Waals surface area (Å²) >= 11 is 1.67. The molecule has 114 valence electrons. The molecule has 22 heavy (non-hydrogen) atoms. The first kappa shape index (κ1) is 13.9. The molecule has 1 saturated heterocycles. The summed E-state index contributed by atoms with van der Waals surface area (Å²) in [4.78, 5) is 19.5. The van der Waals surface area contributed by atoms with Gasteiger partial charge in [0.15, 0.2) is 0 Å². The molecule has 4 rings (SSSR count). The lowest BCUT2D eigenvalue weighted by Gasteiger charge is -2.34. The Labute approximate surface area is 135 Å². The van der Waals surface area contributed by atoms with Gasteiger partial charge in [0.25, 0.3) is 0 Å². The van der Waals surface area contributed by atoms with Gasteiger partial charge < -0.3 is 4.90 Å². The summed E-state index contributed by atoms with van der Waals surface area (Å²) in [7, 11) is 0. The van der Waals surface area contributed by atoms with Crippen LogP contribution < -0.4 is 0 Å². The molecule has 0 bridgehead atoms. The molecule has 0 radical (unpaired) electrons. The molecule has 2 fully saturated rings. The van der Waals surface area contributed by atoms with Gasteiger partial charge >= 0.3 is 0 Å². The van der Waals surface area contributed by atoms with E-state index in [-0.39, 0.29) is 12.0 Å². The lowest BCUT2D eigenvalue weighted by Crippen LogP contribution is -2.39. The first-order valence-electron chi connectivity index (χ1n) is 8.09. The third kappa shape index (κ3) is 2.56. The SMILES string of the molecule is O=C([C@@H]1C[C@@H]1c1ccccc1)N1CCCC[C@@H]1c1nccs1. The summed E-state index contributed by atoms with van der Waals surface area (Å²) in [5, 5.41) is 3.11. The number of thiazole rings is 1. The van der Waals surface area contributed by atoms with Crippen LogP contribution in [0.5, 0.6) is 0 Å². The predicted octanol–water partition coefficient (Wildman–Crippen LogP) is 4.00. The number of likely N-dealkylation sites (tertiary alicyclic amines) is 1. The van der Waals surface area contributed by atoms with Gasteiger partial charge in [0, 0.05) is 24.0 Å². The van der Waals surface area contributed by atoms with Gasteiger partial charge in [0.2, 0.25) is 5.91 Å². The van der Waals surface area contributed by atoms with E-state index in [1.165, 1.54) is 12.0 Å². The van der Waals surface area contributed by atoms with Crippen LogP contribution in [-0.2, 0) is 4.79 Å². The maximum absolute atomic E-state index is 13.0. The van der Waals surface area contributed by atoms with Gasteiger partial charge in [-0.3, -0.25) is 4.79 Å². The minimum Gasteiger partial charge on any atom is -0.333 e. The van der Waals surface area contributed by atoms with Crippen molar-refractivity contribution >= 4 is 17.2 Å². The molecule has 1 amide bonds. The summed E-state index contributed by atoms with van der Waals surface area (Å²) in [5.74, 6) is 0.948. The van der Waals surface area contributed by atoms with Crippen LogP contribution in [0, 0.1) is 5.92 Å². The minimum atomic E-state index is 0.183. The van der Waals surface area contributed by atoms with Gasteiger partial charge in [0.05, 0.1) is 6.04 Å². The summed E-state index contributed by atoms with van der Waals surface area (Å²) in [6.07, 6.45) is 6.23. The molecule has 2 aliphatic rings. The zero-order valence-corrected chi connectivity index (χ0v) is 13.3. The van der Waals surface area contributed by atoms with Crippen molar-refractivity contribution in [2.75, 3.05) is 6.54 Å². The number of rotatable bonds is 3. The van der Waals surface area contributed by atoms with E-state index in [0.29, 0.717) is 11.8 Å². The Morgan fingerprint density at radius 1 is 1.23 bits per heavy atom. The van der Waals surface area contributed by atoms with Crippen molar-refractivity contribution in [1.82, 2.24) is 9.88 Å².